The number of rotatable bonds is 7. The van der Waals surface area contributed by atoms with Crippen molar-refractivity contribution in [1.82, 2.24) is 4.98 Å². The molecule has 1 heterocycles. The Balaban J connectivity index is 2.30. The molecule has 0 aliphatic carbocycles. The Morgan fingerprint density at radius 3 is 2.38 bits per heavy atom. The first-order chi connectivity index (χ1) is 11.5. The maximum Gasteiger partial charge on any atom is 0.326 e. The van der Waals surface area contributed by atoms with Gasteiger partial charge in [0.05, 0.1) is 5.92 Å². The molecule has 0 aliphatic rings. The molecule has 2 rings (SSSR count). The zero-order valence-corrected chi connectivity index (χ0v) is 14.3. The molecule has 1 unspecified atom stereocenters. The van der Waals surface area contributed by atoms with Crippen LogP contribution in [-0.4, -0.2) is 33.8 Å². The number of carbonyl (C=O) groups is 2. The number of carbonyl (C=O) groups excluding carboxylic acids is 1. The normalized spacial score (nSPS) is 13.1. The van der Waals surface area contributed by atoms with E-state index in [4.69, 9.17) is 0 Å². The Kier molecular flexibility index (Phi) is 6.37. The Morgan fingerprint density at radius 1 is 1.17 bits per heavy atom. The number of amides is 1. The van der Waals surface area contributed by atoms with Crippen LogP contribution in [0.4, 0.5) is 5.82 Å². The number of pyridine rings is 1. The molecule has 24 heavy (non-hydrogen) atoms. The second-order valence-electron chi connectivity index (χ2n) is 5.48. The van der Waals surface area contributed by atoms with Gasteiger partial charge in [-0.15, -0.1) is 0 Å². The Hall–Kier alpha value is -2.34. The summed E-state index contributed by atoms with van der Waals surface area (Å²) in [5.74, 6) is -1.14. The highest BCUT2D eigenvalue weighted by Crippen LogP contribution is 2.20. The summed E-state index contributed by atoms with van der Waals surface area (Å²) in [6, 6.07) is 13.7. The molecule has 0 saturated carbocycles. The van der Waals surface area contributed by atoms with Crippen LogP contribution in [0, 0.1) is 5.92 Å². The molecule has 0 spiro atoms. The molecule has 1 amide bonds. The van der Waals surface area contributed by atoms with Crippen molar-refractivity contribution in [3.8, 4) is 0 Å². The van der Waals surface area contributed by atoms with Crippen LogP contribution in [0.3, 0.4) is 0 Å². The zero-order valence-electron chi connectivity index (χ0n) is 13.4. The van der Waals surface area contributed by atoms with Crippen molar-refractivity contribution in [2.75, 3.05) is 10.7 Å². The molecular weight excluding hydrogens is 324 g/mol. The van der Waals surface area contributed by atoms with Gasteiger partial charge in [-0.3, -0.25) is 9.69 Å². The minimum Gasteiger partial charge on any atom is -0.480 e. The Labute approximate surface area is 146 Å². The molecule has 0 radical (unpaired) electrons. The third-order valence-electron chi connectivity index (χ3n) is 3.77. The number of aliphatic carboxylic acids is 1. The smallest absolute Gasteiger partial charge is 0.326 e. The first kappa shape index (κ1) is 18.0. The summed E-state index contributed by atoms with van der Waals surface area (Å²) >= 11 is 4.30. The number of carboxylic acids is 1. The fraction of sp³-hybridized carbons (Fsp3) is 0.278. The topological polar surface area (TPSA) is 70.5 Å². The zero-order chi connectivity index (χ0) is 17.5. The van der Waals surface area contributed by atoms with E-state index in [0.717, 1.165) is 5.56 Å². The van der Waals surface area contributed by atoms with Crippen molar-refractivity contribution < 1.29 is 14.7 Å². The van der Waals surface area contributed by atoms with E-state index in [1.807, 2.05) is 30.3 Å². The highest BCUT2D eigenvalue weighted by atomic mass is 32.1. The van der Waals surface area contributed by atoms with E-state index in [0.29, 0.717) is 18.0 Å². The monoisotopic (exact) mass is 344 g/mol. The van der Waals surface area contributed by atoms with Crippen LogP contribution < -0.4 is 4.90 Å². The Morgan fingerprint density at radius 2 is 1.83 bits per heavy atom. The second-order valence-corrected chi connectivity index (χ2v) is 5.84. The molecule has 2 atom stereocenters. The van der Waals surface area contributed by atoms with E-state index in [2.05, 4.69) is 17.6 Å². The van der Waals surface area contributed by atoms with Crippen molar-refractivity contribution in [3.05, 3.63) is 60.3 Å². The minimum absolute atomic E-state index is 0.289. The van der Waals surface area contributed by atoms with Gasteiger partial charge >= 0.3 is 5.97 Å². The van der Waals surface area contributed by atoms with Gasteiger partial charge in [-0.25, -0.2) is 9.78 Å². The van der Waals surface area contributed by atoms with Gasteiger partial charge in [-0.05, 0) is 31.0 Å². The van der Waals surface area contributed by atoms with Crippen LogP contribution >= 0.6 is 12.6 Å². The van der Waals surface area contributed by atoms with Crippen molar-refractivity contribution in [1.29, 1.82) is 0 Å². The summed E-state index contributed by atoms with van der Waals surface area (Å²) in [6.07, 6.45) is 2.04. The number of carboxylic acid groups (broad SMARTS) is 1. The van der Waals surface area contributed by atoms with Crippen LogP contribution in [0.5, 0.6) is 0 Å². The third kappa shape index (κ3) is 4.35. The lowest BCUT2D eigenvalue weighted by Crippen LogP contribution is -2.47. The maximum absolute atomic E-state index is 13.0. The van der Waals surface area contributed by atoms with E-state index < -0.39 is 17.9 Å². The van der Waals surface area contributed by atoms with Crippen molar-refractivity contribution in [2.45, 2.75) is 19.4 Å². The fourth-order valence-electron chi connectivity index (χ4n) is 2.43. The summed E-state index contributed by atoms with van der Waals surface area (Å²) in [6.45, 7) is 1.48. The van der Waals surface area contributed by atoms with Gasteiger partial charge in [0.15, 0.2) is 0 Å². The van der Waals surface area contributed by atoms with Crippen LogP contribution in [0.2, 0.25) is 0 Å². The average molecular weight is 344 g/mol. The van der Waals surface area contributed by atoms with Crippen LogP contribution in [0.15, 0.2) is 54.7 Å². The van der Waals surface area contributed by atoms with Gasteiger partial charge in [-0.1, -0.05) is 36.4 Å². The lowest BCUT2D eigenvalue weighted by atomic mass is 9.99. The van der Waals surface area contributed by atoms with Gasteiger partial charge in [0.2, 0.25) is 5.91 Å². The van der Waals surface area contributed by atoms with Gasteiger partial charge in [-0.2, -0.15) is 12.6 Å². The van der Waals surface area contributed by atoms with E-state index >= 15 is 0 Å². The van der Waals surface area contributed by atoms with Crippen molar-refractivity contribution >= 4 is 30.3 Å². The van der Waals surface area contributed by atoms with E-state index in [1.54, 1.807) is 18.2 Å². The van der Waals surface area contributed by atoms with Crippen molar-refractivity contribution in [2.24, 2.45) is 5.92 Å². The molecule has 1 aromatic carbocycles. The van der Waals surface area contributed by atoms with Gasteiger partial charge in [0.25, 0.3) is 0 Å². The first-order valence-corrected chi connectivity index (χ1v) is 8.29. The second kappa shape index (κ2) is 8.49. The molecule has 0 bridgehead atoms. The summed E-state index contributed by atoms with van der Waals surface area (Å²) in [5.41, 5.74) is 1.01. The van der Waals surface area contributed by atoms with Crippen LogP contribution in [0.1, 0.15) is 12.5 Å². The lowest BCUT2D eigenvalue weighted by molar-refractivity contribution is -0.140. The molecular formula is C18H20N2O3S. The minimum atomic E-state index is -1.08. The lowest BCUT2D eigenvalue weighted by Gasteiger charge is -2.29. The van der Waals surface area contributed by atoms with E-state index in [9.17, 15) is 14.7 Å². The summed E-state index contributed by atoms with van der Waals surface area (Å²) in [4.78, 5) is 29.8. The predicted molar refractivity (Wildman–Crippen MR) is 96.3 cm³/mol. The maximum atomic E-state index is 13.0. The van der Waals surface area contributed by atoms with Crippen LogP contribution in [-0.2, 0) is 16.0 Å². The Bertz CT molecular complexity index is 679. The summed E-state index contributed by atoms with van der Waals surface area (Å²) in [7, 11) is 0. The number of anilines is 1. The molecule has 1 aromatic heterocycles. The molecule has 1 N–H and O–H groups in total. The molecule has 5 nitrogen and oxygen atoms in total. The number of hydrogen-bond acceptors (Lipinski definition) is 4. The molecule has 126 valence electrons. The molecule has 6 heteroatoms. The molecule has 0 saturated heterocycles. The molecule has 0 fully saturated rings. The fourth-order valence-corrected chi connectivity index (χ4v) is 2.72. The summed E-state index contributed by atoms with van der Waals surface area (Å²) in [5, 5.41) is 9.37. The van der Waals surface area contributed by atoms with Gasteiger partial charge < -0.3 is 5.11 Å². The summed E-state index contributed by atoms with van der Waals surface area (Å²) < 4.78 is 0. The van der Waals surface area contributed by atoms with Crippen LogP contribution in [0.25, 0.3) is 0 Å². The molecule has 2 aromatic rings. The highest BCUT2D eigenvalue weighted by molar-refractivity contribution is 7.80. The van der Waals surface area contributed by atoms with Crippen molar-refractivity contribution in [3.63, 3.8) is 0 Å². The highest BCUT2D eigenvalue weighted by Gasteiger charge is 2.32. The quantitative estimate of drug-likeness (QED) is 0.758. The van der Waals surface area contributed by atoms with E-state index in [1.165, 1.54) is 18.0 Å². The van der Waals surface area contributed by atoms with Gasteiger partial charge in [0, 0.05) is 11.9 Å². The van der Waals surface area contributed by atoms with Gasteiger partial charge in [0.1, 0.15) is 11.9 Å². The standard InChI is InChI=1S/C18H20N2O3S/c1-13(18(22)23)20(16-9-5-6-10-19-16)17(21)15(12-24)11-14-7-3-2-4-8-14/h2-10,13,15,24H,11-12H2,1H3,(H,22,23)/t13-,15?/m0/s1. The molecule has 0 aliphatic heterocycles. The largest absolute Gasteiger partial charge is 0.480 e. The number of thiol groups is 1. The number of benzene rings is 1. The first-order valence-electron chi connectivity index (χ1n) is 7.66. The van der Waals surface area contributed by atoms with E-state index in [-0.39, 0.29) is 5.91 Å². The predicted octanol–water partition coefficient (Wildman–Crippen LogP) is 2.68. The third-order valence-corrected chi connectivity index (χ3v) is 4.21. The number of hydrogen-bond donors (Lipinski definition) is 2. The average Bonchev–Trinajstić information content (AvgIpc) is 2.61. The number of nitrogens with zero attached hydrogens (tertiary/aromatic N) is 2. The number of aromatic nitrogens is 1. The SMILES string of the molecule is C[C@@H](C(=O)O)N(C(=O)C(CS)Cc1ccccc1)c1ccccn1.